The third kappa shape index (κ3) is 1.95. The molecule has 0 aliphatic heterocycles. The van der Waals surface area contributed by atoms with Crippen molar-refractivity contribution in [2.75, 3.05) is 5.73 Å². The van der Waals surface area contributed by atoms with Crippen LogP contribution < -0.4 is 5.73 Å². The first-order chi connectivity index (χ1) is 7.59. The lowest BCUT2D eigenvalue weighted by Gasteiger charge is -2.10. The highest BCUT2D eigenvalue weighted by molar-refractivity contribution is 9.10. The first-order valence-corrected chi connectivity index (χ1v) is 5.84. The Kier molecular flexibility index (Phi) is 2.96. The summed E-state index contributed by atoms with van der Waals surface area (Å²) in [4.78, 5) is 0. The molecule has 0 spiro atoms. The molecule has 0 aliphatic rings. The minimum absolute atomic E-state index is 0.329. The Labute approximate surface area is 103 Å². The van der Waals surface area contributed by atoms with Crippen molar-refractivity contribution in [3.8, 4) is 11.4 Å². The lowest BCUT2D eigenvalue weighted by molar-refractivity contribution is 0.604. The van der Waals surface area contributed by atoms with Crippen molar-refractivity contribution in [3.05, 3.63) is 29.0 Å². The van der Waals surface area contributed by atoms with Gasteiger partial charge in [0.15, 0.2) is 5.82 Å². The van der Waals surface area contributed by atoms with E-state index in [0.717, 1.165) is 15.9 Å². The van der Waals surface area contributed by atoms with Gasteiger partial charge in [-0.2, -0.15) is 0 Å². The van der Waals surface area contributed by atoms with Gasteiger partial charge in [-0.3, -0.25) is 0 Å². The Morgan fingerprint density at radius 1 is 1.38 bits per heavy atom. The molecule has 0 atom stereocenters. The summed E-state index contributed by atoms with van der Waals surface area (Å²) < 4.78 is 2.91. The Balaban J connectivity index is 2.50. The number of nitrogen functional groups attached to an aromatic ring is 1. The minimum Gasteiger partial charge on any atom is -0.398 e. The topological polar surface area (TPSA) is 56.7 Å². The van der Waals surface area contributed by atoms with Crippen molar-refractivity contribution in [3.63, 3.8) is 0 Å². The fourth-order valence-corrected chi connectivity index (χ4v) is 1.76. The average Bonchev–Trinajstić information content (AvgIpc) is 2.71. The quantitative estimate of drug-likeness (QED) is 0.861. The maximum Gasteiger partial charge on any atom is 0.164 e. The third-order valence-corrected chi connectivity index (χ3v) is 3.11. The van der Waals surface area contributed by atoms with Crippen molar-refractivity contribution in [1.82, 2.24) is 14.8 Å². The van der Waals surface area contributed by atoms with Crippen LogP contribution in [0.4, 0.5) is 5.69 Å². The standard InChI is InChI=1S/C11H13BrN4/c1-7(2)16-6-14-15-11(16)8-3-4-9(12)10(13)5-8/h3-7H,13H2,1-2H3. The van der Waals surface area contributed by atoms with Gasteiger partial charge in [-0.1, -0.05) is 0 Å². The van der Waals surface area contributed by atoms with Crippen LogP contribution in [0.1, 0.15) is 19.9 Å². The van der Waals surface area contributed by atoms with E-state index in [1.54, 1.807) is 6.33 Å². The van der Waals surface area contributed by atoms with Gasteiger partial charge in [-0.15, -0.1) is 10.2 Å². The van der Waals surface area contributed by atoms with E-state index in [1.165, 1.54) is 0 Å². The smallest absolute Gasteiger partial charge is 0.164 e. The molecule has 2 N–H and O–H groups in total. The second-order valence-corrected chi connectivity index (χ2v) is 4.75. The molecule has 1 aromatic carbocycles. The second kappa shape index (κ2) is 4.25. The highest BCUT2D eigenvalue weighted by Gasteiger charge is 2.10. The molecule has 2 rings (SSSR count). The minimum atomic E-state index is 0.329. The fourth-order valence-electron chi connectivity index (χ4n) is 1.51. The number of anilines is 1. The molecule has 84 valence electrons. The van der Waals surface area contributed by atoms with Crippen LogP contribution in [-0.2, 0) is 0 Å². The molecule has 0 bridgehead atoms. The van der Waals surface area contributed by atoms with Gasteiger partial charge in [0.05, 0.1) is 0 Å². The summed E-state index contributed by atoms with van der Waals surface area (Å²) in [6, 6.07) is 6.12. The predicted molar refractivity (Wildman–Crippen MR) is 68.0 cm³/mol. The fraction of sp³-hybridized carbons (Fsp3) is 0.273. The molecular formula is C11H13BrN4. The number of halogens is 1. The largest absolute Gasteiger partial charge is 0.398 e. The summed E-state index contributed by atoms with van der Waals surface area (Å²) in [6.45, 7) is 4.18. The third-order valence-electron chi connectivity index (χ3n) is 2.38. The number of nitrogens with zero attached hydrogens (tertiary/aromatic N) is 3. The Morgan fingerprint density at radius 3 is 2.75 bits per heavy atom. The SMILES string of the molecule is CC(C)n1cnnc1-c1ccc(Br)c(N)c1. The molecule has 0 unspecified atom stereocenters. The molecule has 0 fully saturated rings. The Bertz CT molecular complexity index is 504. The zero-order valence-electron chi connectivity index (χ0n) is 9.18. The molecule has 1 aromatic heterocycles. The highest BCUT2D eigenvalue weighted by atomic mass is 79.9. The summed E-state index contributed by atoms with van der Waals surface area (Å²) in [7, 11) is 0. The van der Waals surface area contributed by atoms with E-state index in [1.807, 2.05) is 22.8 Å². The monoisotopic (exact) mass is 280 g/mol. The van der Waals surface area contributed by atoms with Gasteiger partial charge >= 0.3 is 0 Å². The van der Waals surface area contributed by atoms with E-state index in [-0.39, 0.29) is 0 Å². The number of aromatic nitrogens is 3. The van der Waals surface area contributed by atoms with E-state index in [9.17, 15) is 0 Å². The molecular weight excluding hydrogens is 268 g/mol. The van der Waals surface area contributed by atoms with Gasteiger partial charge < -0.3 is 10.3 Å². The van der Waals surface area contributed by atoms with E-state index in [4.69, 9.17) is 5.73 Å². The summed E-state index contributed by atoms with van der Waals surface area (Å²) >= 11 is 3.37. The van der Waals surface area contributed by atoms with Crippen molar-refractivity contribution >= 4 is 21.6 Å². The van der Waals surface area contributed by atoms with Crippen LogP contribution in [0.3, 0.4) is 0 Å². The van der Waals surface area contributed by atoms with Crippen LogP contribution in [0.2, 0.25) is 0 Å². The van der Waals surface area contributed by atoms with E-state index in [0.29, 0.717) is 11.7 Å². The number of nitrogens with two attached hydrogens (primary N) is 1. The molecule has 0 aliphatic carbocycles. The molecule has 0 amide bonds. The Hall–Kier alpha value is -1.36. The summed E-state index contributed by atoms with van der Waals surface area (Å²) in [6.07, 6.45) is 1.73. The lowest BCUT2D eigenvalue weighted by Crippen LogP contribution is -2.02. The highest BCUT2D eigenvalue weighted by Crippen LogP contribution is 2.26. The zero-order chi connectivity index (χ0) is 11.7. The Morgan fingerprint density at radius 2 is 2.12 bits per heavy atom. The van der Waals surface area contributed by atoms with Gasteiger partial charge in [0.1, 0.15) is 6.33 Å². The van der Waals surface area contributed by atoms with E-state index in [2.05, 4.69) is 40.0 Å². The lowest BCUT2D eigenvalue weighted by atomic mass is 10.2. The van der Waals surface area contributed by atoms with Crippen LogP contribution in [0, 0.1) is 0 Å². The number of rotatable bonds is 2. The summed E-state index contributed by atoms with van der Waals surface area (Å²) in [5.41, 5.74) is 7.53. The van der Waals surface area contributed by atoms with Crippen LogP contribution in [0.5, 0.6) is 0 Å². The number of hydrogen-bond acceptors (Lipinski definition) is 3. The molecule has 0 saturated heterocycles. The van der Waals surface area contributed by atoms with Gasteiger partial charge in [0.25, 0.3) is 0 Å². The van der Waals surface area contributed by atoms with Gasteiger partial charge in [-0.25, -0.2) is 0 Å². The van der Waals surface area contributed by atoms with Crippen LogP contribution in [0.25, 0.3) is 11.4 Å². The molecule has 4 nitrogen and oxygen atoms in total. The summed E-state index contributed by atoms with van der Waals surface area (Å²) in [5.74, 6) is 0.842. The molecule has 0 radical (unpaired) electrons. The maximum atomic E-state index is 5.85. The van der Waals surface area contributed by atoms with Crippen molar-refractivity contribution in [2.45, 2.75) is 19.9 Å². The maximum absolute atomic E-state index is 5.85. The van der Waals surface area contributed by atoms with Crippen molar-refractivity contribution in [1.29, 1.82) is 0 Å². The predicted octanol–water partition coefficient (Wildman–Crippen LogP) is 2.87. The first kappa shape index (κ1) is 11.1. The zero-order valence-corrected chi connectivity index (χ0v) is 10.8. The van der Waals surface area contributed by atoms with Crippen molar-refractivity contribution < 1.29 is 0 Å². The molecule has 2 aromatic rings. The molecule has 5 heteroatoms. The first-order valence-electron chi connectivity index (χ1n) is 5.04. The molecule has 0 saturated carbocycles. The summed E-state index contributed by atoms with van der Waals surface area (Å²) in [5, 5.41) is 8.05. The number of benzene rings is 1. The van der Waals surface area contributed by atoms with Gasteiger partial charge in [-0.05, 0) is 48.0 Å². The van der Waals surface area contributed by atoms with Gasteiger partial charge in [0.2, 0.25) is 0 Å². The van der Waals surface area contributed by atoms with E-state index >= 15 is 0 Å². The molecule has 16 heavy (non-hydrogen) atoms. The van der Waals surface area contributed by atoms with Crippen molar-refractivity contribution in [2.24, 2.45) is 0 Å². The van der Waals surface area contributed by atoms with Crippen LogP contribution in [-0.4, -0.2) is 14.8 Å². The van der Waals surface area contributed by atoms with Crippen LogP contribution in [0.15, 0.2) is 29.0 Å². The normalized spacial score (nSPS) is 11.0. The molecule has 1 heterocycles. The average molecular weight is 281 g/mol. The number of hydrogen-bond donors (Lipinski definition) is 1. The van der Waals surface area contributed by atoms with Gasteiger partial charge in [0, 0.05) is 21.8 Å². The van der Waals surface area contributed by atoms with E-state index < -0.39 is 0 Å². The van der Waals surface area contributed by atoms with Crippen LogP contribution >= 0.6 is 15.9 Å². The second-order valence-electron chi connectivity index (χ2n) is 3.89.